The molecule has 3 aromatic rings. The molecule has 9 heteroatoms. The Kier molecular flexibility index (Phi) is 8.07. The fourth-order valence-electron chi connectivity index (χ4n) is 4.96. The Morgan fingerprint density at radius 2 is 1.61 bits per heavy atom. The van der Waals surface area contributed by atoms with Gasteiger partial charge in [0.15, 0.2) is 0 Å². The third-order valence-corrected chi connectivity index (χ3v) is 7.31. The highest BCUT2D eigenvalue weighted by atomic mass is 35.5. The Labute approximate surface area is 233 Å². The van der Waals surface area contributed by atoms with Crippen LogP contribution >= 0.6 is 23.2 Å². The van der Waals surface area contributed by atoms with Gasteiger partial charge in [-0.1, -0.05) is 47.5 Å². The third-order valence-electron chi connectivity index (χ3n) is 6.81. The number of benzene rings is 3. The molecule has 0 radical (unpaired) electrons. The van der Waals surface area contributed by atoms with Gasteiger partial charge in [-0.25, -0.2) is 4.79 Å². The van der Waals surface area contributed by atoms with Gasteiger partial charge in [0.25, 0.3) is 0 Å². The van der Waals surface area contributed by atoms with Crippen molar-refractivity contribution in [3.63, 3.8) is 0 Å². The van der Waals surface area contributed by atoms with Crippen molar-refractivity contribution in [2.45, 2.75) is 19.0 Å². The summed E-state index contributed by atoms with van der Waals surface area (Å²) < 4.78 is 11.5. The number of aliphatic imine (C=N–C) groups is 1. The third kappa shape index (κ3) is 5.32. The number of ether oxygens (including phenoxy) is 2. The van der Waals surface area contributed by atoms with Gasteiger partial charge in [-0.15, -0.1) is 0 Å². The molecule has 1 saturated heterocycles. The van der Waals surface area contributed by atoms with E-state index >= 15 is 0 Å². The largest absolute Gasteiger partial charge is 0.497 e. The zero-order chi connectivity index (χ0) is 26.6. The van der Waals surface area contributed by atoms with Crippen LogP contribution in [-0.2, 0) is 0 Å². The minimum absolute atomic E-state index is 0.105. The number of rotatable bonds is 6. The van der Waals surface area contributed by atoms with Crippen LogP contribution in [0, 0.1) is 0 Å². The van der Waals surface area contributed by atoms with Crippen molar-refractivity contribution in [1.29, 1.82) is 0 Å². The van der Waals surface area contributed by atoms with Crippen molar-refractivity contribution >= 4 is 35.1 Å². The summed E-state index contributed by atoms with van der Waals surface area (Å²) in [5.41, 5.74) is 2.57. The van der Waals surface area contributed by atoms with Gasteiger partial charge in [0, 0.05) is 36.2 Å². The maximum atomic E-state index is 14.3. The predicted octanol–water partition coefficient (Wildman–Crippen LogP) is 5.97. The second-order valence-corrected chi connectivity index (χ2v) is 10.0. The number of piperazine rings is 1. The number of hydrogen-bond acceptors (Lipinski definition) is 5. The molecular formula is C29H30Cl2N4O3. The maximum Gasteiger partial charge on any atom is 0.326 e. The molecule has 2 atom stereocenters. The highest BCUT2D eigenvalue weighted by Crippen LogP contribution is 2.45. The number of methoxy groups -OCH3 is 1. The Bertz CT molecular complexity index is 1310. The Balaban J connectivity index is 1.71. The van der Waals surface area contributed by atoms with Crippen molar-refractivity contribution in [2.75, 3.05) is 39.9 Å². The summed E-state index contributed by atoms with van der Waals surface area (Å²) in [5, 5.41) is 4.59. The van der Waals surface area contributed by atoms with Crippen molar-refractivity contribution < 1.29 is 14.3 Å². The van der Waals surface area contributed by atoms with Crippen molar-refractivity contribution in [3.05, 3.63) is 93.5 Å². The first-order valence-corrected chi connectivity index (χ1v) is 13.4. The van der Waals surface area contributed by atoms with E-state index in [1.54, 1.807) is 7.11 Å². The highest BCUT2D eigenvalue weighted by molar-refractivity contribution is 6.30. The van der Waals surface area contributed by atoms with Gasteiger partial charge in [-0.05, 0) is 60.5 Å². The lowest BCUT2D eigenvalue weighted by atomic mass is 9.93. The van der Waals surface area contributed by atoms with E-state index in [1.807, 2.05) is 83.5 Å². The maximum absolute atomic E-state index is 14.3. The Morgan fingerprint density at radius 3 is 2.21 bits per heavy atom. The molecule has 1 fully saturated rings. The smallest absolute Gasteiger partial charge is 0.326 e. The van der Waals surface area contributed by atoms with Gasteiger partial charge in [0.2, 0.25) is 0 Å². The van der Waals surface area contributed by atoms with E-state index in [-0.39, 0.29) is 12.1 Å². The summed E-state index contributed by atoms with van der Waals surface area (Å²) >= 11 is 12.5. The molecule has 0 aliphatic carbocycles. The first kappa shape index (κ1) is 26.4. The molecule has 7 nitrogen and oxygen atoms in total. The zero-order valence-electron chi connectivity index (χ0n) is 21.4. The first-order chi connectivity index (χ1) is 18.5. The number of halogens is 2. The van der Waals surface area contributed by atoms with Crippen LogP contribution in [0.3, 0.4) is 0 Å². The molecule has 0 spiro atoms. The number of nitrogens with one attached hydrogen (secondary N) is 1. The summed E-state index contributed by atoms with van der Waals surface area (Å²) in [7, 11) is 1.62. The van der Waals surface area contributed by atoms with Crippen LogP contribution in [0.1, 0.15) is 35.7 Å². The van der Waals surface area contributed by atoms with Crippen LogP contribution in [0.15, 0.2) is 71.7 Å². The number of nitrogens with zero attached hydrogens (tertiary/aromatic N) is 3. The second kappa shape index (κ2) is 11.6. The minimum atomic E-state index is -0.411. The van der Waals surface area contributed by atoms with Crippen LogP contribution in [0.2, 0.25) is 10.0 Å². The van der Waals surface area contributed by atoms with E-state index in [2.05, 4.69) is 5.32 Å². The van der Waals surface area contributed by atoms with Crippen LogP contribution in [0.25, 0.3) is 0 Å². The fraction of sp³-hybridized carbons (Fsp3) is 0.310. The second-order valence-electron chi connectivity index (χ2n) is 9.13. The van der Waals surface area contributed by atoms with E-state index in [0.717, 1.165) is 24.2 Å². The molecule has 5 rings (SSSR count). The SMILES string of the molecule is CCOc1ccc(OC)cc1C1=NC(c2ccc(Cl)cc2)C(c2ccc(Cl)cc2)N1C(=O)N1CCNCC1. The molecule has 2 amide bonds. The van der Waals surface area contributed by atoms with Crippen LogP contribution in [0.4, 0.5) is 4.79 Å². The average Bonchev–Trinajstić information content (AvgIpc) is 3.34. The average molecular weight is 553 g/mol. The molecule has 0 bridgehead atoms. The first-order valence-electron chi connectivity index (χ1n) is 12.7. The van der Waals surface area contributed by atoms with Crippen molar-refractivity contribution in [2.24, 2.45) is 4.99 Å². The van der Waals surface area contributed by atoms with Crippen LogP contribution in [0.5, 0.6) is 11.5 Å². The molecule has 198 valence electrons. The standard InChI is InChI=1S/C29H30Cl2N4O3/c1-3-38-25-13-12-23(37-2)18-24(25)28-33-26(19-4-8-21(30)9-5-19)27(20-6-10-22(31)11-7-20)35(28)29(36)34-16-14-32-15-17-34/h4-13,18,26-27,32H,3,14-17H2,1-2H3. The van der Waals surface area contributed by atoms with E-state index in [4.69, 9.17) is 37.7 Å². The molecule has 2 unspecified atom stereocenters. The van der Waals surface area contributed by atoms with Crippen LogP contribution < -0.4 is 14.8 Å². The van der Waals surface area contributed by atoms with Crippen molar-refractivity contribution in [1.82, 2.24) is 15.1 Å². The normalized spacial score (nSPS) is 19.3. The molecule has 2 aliphatic rings. The number of carbonyl (C=O) groups excluding carboxylic acids is 1. The summed E-state index contributed by atoms with van der Waals surface area (Å²) in [6.45, 7) is 5.10. The summed E-state index contributed by atoms with van der Waals surface area (Å²) in [6, 6.07) is 19.9. The lowest BCUT2D eigenvalue weighted by Gasteiger charge is -2.36. The molecule has 2 aliphatic heterocycles. The lowest BCUT2D eigenvalue weighted by molar-refractivity contribution is 0.157. The van der Waals surface area contributed by atoms with Gasteiger partial charge in [-0.2, -0.15) is 0 Å². The summed E-state index contributed by atoms with van der Waals surface area (Å²) in [4.78, 5) is 23.2. The Hall–Kier alpha value is -3.26. The molecular weight excluding hydrogens is 523 g/mol. The number of carbonyl (C=O) groups is 1. The lowest BCUT2D eigenvalue weighted by Crippen LogP contribution is -2.53. The number of urea groups is 1. The molecule has 3 aromatic carbocycles. The van der Waals surface area contributed by atoms with E-state index in [1.165, 1.54) is 0 Å². The van der Waals surface area contributed by atoms with Gasteiger partial charge < -0.3 is 19.7 Å². The van der Waals surface area contributed by atoms with E-state index in [9.17, 15) is 4.79 Å². The van der Waals surface area contributed by atoms with Crippen molar-refractivity contribution in [3.8, 4) is 11.5 Å². The Morgan fingerprint density at radius 1 is 0.974 bits per heavy atom. The van der Waals surface area contributed by atoms with E-state index in [0.29, 0.717) is 52.6 Å². The van der Waals surface area contributed by atoms with Crippen LogP contribution in [-0.4, -0.2) is 61.6 Å². The molecule has 2 heterocycles. The predicted molar refractivity (Wildman–Crippen MR) is 151 cm³/mol. The zero-order valence-corrected chi connectivity index (χ0v) is 22.9. The van der Waals surface area contributed by atoms with Gasteiger partial charge in [0.05, 0.1) is 25.3 Å². The number of amidine groups is 1. The summed E-state index contributed by atoms with van der Waals surface area (Å²) in [6.07, 6.45) is 0. The minimum Gasteiger partial charge on any atom is -0.497 e. The quantitative estimate of drug-likeness (QED) is 0.409. The van der Waals surface area contributed by atoms with Gasteiger partial charge >= 0.3 is 6.03 Å². The fourth-order valence-corrected chi connectivity index (χ4v) is 5.21. The number of hydrogen-bond donors (Lipinski definition) is 1. The topological polar surface area (TPSA) is 66.4 Å². The molecule has 1 N–H and O–H groups in total. The van der Waals surface area contributed by atoms with Gasteiger partial charge in [-0.3, -0.25) is 9.89 Å². The highest BCUT2D eigenvalue weighted by Gasteiger charge is 2.44. The monoisotopic (exact) mass is 552 g/mol. The molecule has 38 heavy (non-hydrogen) atoms. The summed E-state index contributed by atoms with van der Waals surface area (Å²) in [5.74, 6) is 1.83. The number of amides is 2. The molecule has 0 saturated carbocycles. The molecule has 0 aromatic heterocycles. The van der Waals surface area contributed by atoms with E-state index < -0.39 is 6.04 Å². The van der Waals surface area contributed by atoms with Gasteiger partial charge in [0.1, 0.15) is 23.4 Å².